The Morgan fingerprint density at radius 1 is 1.67 bits per heavy atom. The van der Waals surface area contributed by atoms with Crippen LogP contribution in [-0.4, -0.2) is 28.3 Å². The van der Waals surface area contributed by atoms with E-state index in [9.17, 15) is 4.79 Å². The predicted octanol–water partition coefficient (Wildman–Crippen LogP) is 2.07. The maximum atomic E-state index is 11.9. The van der Waals surface area contributed by atoms with Gasteiger partial charge < -0.3 is 4.74 Å². The van der Waals surface area contributed by atoms with E-state index in [4.69, 9.17) is 16.3 Å². The number of methoxy groups -OCH3 is 1. The topological polar surface area (TPSA) is 44.1 Å². The Morgan fingerprint density at radius 3 is 2.67 bits per heavy atom. The summed E-state index contributed by atoms with van der Waals surface area (Å²) in [5.41, 5.74) is -0.0493. The van der Waals surface area contributed by atoms with E-state index in [0.29, 0.717) is 10.7 Å². The zero-order valence-electron chi connectivity index (χ0n) is 9.37. The Kier molecular flexibility index (Phi) is 3.52. The lowest BCUT2D eigenvalue weighted by Gasteiger charge is -2.21. The third kappa shape index (κ3) is 2.79. The van der Waals surface area contributed by atoms with E-state index in [-0.39, 0.29) is 12.2 Å². The number of carbonyl (C=O) groups is 1. The number of rotatable bonds is 4. The van der Waals surface area contributed by atoms with Crippen LogP contribution in [0.2, 0.25) is 5.02 Å². The summed E-state index contributed by atoms with van der Waals surface area (Å²) in [7, 11) is 3.27. The van der Waals surface area contributed by atoms with Gasteiger partial charge in [0.15, 0.2) is 5.78 Å². The first-order valence-electron chi connectivity index (χ1n) is 4.63. The minimum atomic E-state index is -0.481. The maximum Gasteiger partial charge on any atom is 0.185 e. The van der Waals surface area contributed by atoms with E-state index in [2.05, 4.69) is 5.10 Å². The first-order chi connectivity index (χ1) is 6.87. The summed E-state index contributed by atoms with van der Waals surface area (Å²) in [6, 6.07) is 0. The fourth-order valence-electron chi connectivity index (χ4n) is 1.27. The van der Waals surface area contributed by atoms with Gasteiger partial charge in [-0.15, -0.1) is 0 Å². The summed E-state index contributed by atoms with van der Waals surface area (Å²) in [5.74, 6) is -0.0631. The largest absolute Gasteiger partial charge is 0.378 e. The van der Waals surface area contributed by atoms with Crippen molar-refractivity contribution in [1.29, 1.82) is 0 Å². The van der Waals surface area contributed by atoms with Crippen molar-refractivity contribution in [3.8, 4) is 0 Å². The standard InChI is InChI=1S/C10H15ClN2O2/c1-10(2,15-4)5-8(14)9-7(11)6-12-13(9)3/h6H,5H2,1-4H3. The third-order valence-electron chi connectivity index (χ3n) is 2.30. The van der Waals surface area contributed by atoms with Gasteiger partial charge in [0.25, 0.3) is 0 Å². The molecule has 0 unspecified atom stereocenters. The molecule has 0 amide bonds. The zero-order chi connectivity index (χ0) is 11.6. The van der Waals surface area contributed by atoms with Crippen LogP contribution in [0, 0.1) is 0 Å². The molecule has 5 heteroatoms. The Bertz CT molecular complexity index is 352. The van der Waals surface area contributed by atoms with E-state index in [1.165, 1.54) is 10.9 Å². The van der Waals surface area contributed by atoms with Crippen LogP contribution in [0.3, 0.4) is 0 Å². The Morgan fingerprint density at radius 2 is 2.27 bits per heavy atom. The molecule has 0 aliphatic carbocycles. The third-order valence-corrected chi connectivity index (χ3v) is 2.57. The van der Waals surface area contributed by atoms with E-state index in [1.54, 1.807) is 14.2 Å². The average molecular weight is 231 g/mol. The van der Waals surface area contributed by atoms with E-state index < -0.39 is 5.60 Å². The van der Waals surface area contributed by atoms with Gasteiger partial charge in [0.2, 0.25) is 0 Å². The van der Waals surface area contributed by atoms with Crippen molar-refractivity contribution in [3.63, 3.8) is 0 Å². The molecule has 0 atom stereocenters. The van der Waals surface area contributed by atoms with Crippen LogP contribution in [0.1, 0.15) is 30.8 Å². The molecule has 0 aliphatic rings. The van der Waals surface area contributed by atoms with Crippen molar-refractivity contribution in [2.75, 3.05) is 7.11 Å². The minimum absolute atomic E-state index is 0.0631. The number of hydrogen-bond donors (Lipinski definition) is 0. The molecular formula is C10H15ClN2O2. The monoisotopic (exact) mass is 230 g/mol. The number of Topliss-reactive ketones (excluding diaryl/α,β-unsaturated/α-hetero) is 1. The highest BCUT2D eigenvalue weighted by Gasteiger charge is 2.25. The first kappa shape index (κ1) is 12.2. The summed E-state index contributed by atoms with van der Waals surface area (Å²) in [6.07, 6.45) is 1.75. The molecule has 0 aliphatic heterocycles. The fourth-order valence-corrected chi connectivity index (χ4v) is 1.54. The highest BCUT2D eigenvalue weighted by atomic mass is 35.5. The van der Waals surface area contributed by atoms with Crippen LogP contribution in [0.4, 0.5) is 0 Å². The molecule has 0 saturated carbocycles. The van der Waals surface area contributed by atoms with Gasteiger partial charge >= 0.3 is 0 Å². The average Bonchev–Trinajstić information content (AvgIpc) is 2.45. The lowest BCUT2D eigenvalue weighted by molar-refractivity contribution is 0.0169. The second kappa shape index (κ2) is 4.33. The minimum Gasteiger partial charge on any atom is -0.378 e. The van der Waals surface area contributed by atoms with Crippen LogP contribution in [0.5, 0.6) is 0 Å². The molecule has 0 spiro atoms. The van der Waals surface area contributed by atoms with Gasteiger partial charge in [0.1, 0.15) is 5.69 Å². The lowest BCUT2D eigenvalue weighted by atomic mass is 10.00. The van der Waals surface area contributed by atoms with Crippen molar-refractivity contribution in [2.45, 2.75) is 25.9 Å². The number of halogens is 1. The highest BCUT2D eigenvalue weighted by Crippen LogP contribution is 2.21. The summed E-state index contributed by atoms with van der Waals surface area (Å²) >= 11 is 5.87. The normalized spacial score (nSPS) is 11.8. The number of aromatic nitrogens is 2. The summed E-state index contributed by atoms with van der Waals surface area (Å²) < 4.78 is 6.68. The van der Waals surface area contributed by atoms with Crippen molar-refractivity contribution in [2.24, 2.45) is 7.05 Å². The quantitative estimate of drug-likeness (QED) is 0.744. The smallest absolute Gasteiger partial charge is 0.185 e. The SMILES string of the molecule is COC(C)(C)CC(=O)c1c(Cl)cnn1C. The fraction of sp³-hybridized carbons (Fsp3) is 0.600. The van der Waals surface area contributed by atoms with Crippen molar-refractivity contribution in [3.05, 3.63) is 16.9 Å². The number of ether oxygens (including phenoxy) is 1. The molecule has 1 aromatic rings. The molecule has 1 rings (SSSR count). The molecule has 0 fully saturated rings. The van der Waals surface area contributed by atoms with Gasteiger partial charge in [-0.05, 0) is 13.8 Å². The van der Waals surface area contributed by atoms with Crippen molar-refractivity contribution in [1.82, 2.24) is 9.78 Å². The Labute approximate surface area is 94.2 Å². The molecule has 0 saturated heterocycles. The highest BCUT2D eigenvalue weighted by molar-refractivity contribution is 6.33. The zero-order valence-corrected chi connectivity index (χ0v) is 10.1. The molecule has 4 nitrogen and oxygen atoms in total. The molecule has 0 N–H and O–H groups in total. The summed E-state index contributed by atoms with van der Waals surface area (Å²) in [4.78, 5) is 11.9. The lowest BCUT2D eigenvalue weighted by Crippen LogP contribution is -2.27. The van der Waals surface area contributed by atoms with Gasteiger partial charge in [-0.1, -0.05) is 11.6 Å². The first-order valence-corrected chi connectivity index (χ1v) is 5.01. The van der Waals surface area contributed by atoms with E-state index in [0.717, 1.165) is 0 Å². The molecule has 84 valence electrons. The van der Waals surface area contributed by atoms with Gasteiger partial charge in [-0.3, -0.25) is 9.48 Å². The molecule has 15 heavy (non-hydrogen) atoms. The molecule has 1 aromatic heterocycles. The van der Waals surface area contributed by atoms with Crippen LogP contribution in [0.25, 0.3) is 0 Å². The number of ketones is 1. The second-order valence-electron chi connectivity index (χ2n) is 4.03. The van der Waals surface area contributed by atoms with Crippen LogP contribution < -0.4 is 0 Å². The van der Waals surface area contributed by atoms with Crippen LogP contribution in [0.15, 0.2) is 6.20 Å². The van der Waals surface area contributed by atoms with Crippen molar-refractivity contribution < 1.29 is 9.53 Å². The maximum absolute atomic E-state index is 11.9. The predicted molar refractivity (Wildman–Crippen MR) is 58.3 cm³/mol. The summed E-state index contributed by atoms with van der Waals surface area (Å²) in [6.45, 7) is 3.71. The molecule has 1 heterocycles. The number of nitrogens with zero attached hydrogens (tertiary/aromatic N) is 2. The van der Waals surface area contributed by atoms with Crippen LogP contribution >= 0.6 is 11.6 Å². The van der Waals surface area contributed by atoms with E-state index in [1.807, 2.05) is 13.8 Å². The Hall–Kier alpha value is -0.870. The number of carbonyl (C=O) groups excluding carboxylic acids is 1. The van der Waals surface area contributed by atoms with Gasteiger partial charge in [-0.25, -0.2) is 0 Å². The van der Waals surface area contributed by atoms with Crippen LogP contribution in [-0.2, 0) is 11.8 Å². The van der Waals surface area contributed by atoms with Crippen molar-refractivity contribution >= 4 is 17.4 Å². The van der Waals surface area contributed by atoms with Gasteiger partial charge in [-0.2, -0.15) is 5.10 Å². The molecule has 0 bridgehead atoms. The molecule has 0 radical (unpaired) electrons. The summed E-state index contributed by atoms with van der Waals surface area (Å²) in [5, 5.41) is 4.30. The second-order valence-corrected chi connectivity index (χ2v) is 4.44. The Balaban J connectivity index is 2.87. The molecule has 0 aromatic carbocycles. The number of aryl methyl sites for hydroxylation is 1. The molecular weight excluding hydrogens is 216 g/mol. The van der Waals surface area contributed by atoms with Gasteiger partial charge in [0, 0.05) is 20.6 Å². The van der Waals surface area contributed by atoms with Gasteiger partial charge in [0.05, 0.1) is 16.8 Å². The van der Waals surface area contributed by atoms with E-state index >= 15 is 0 Å². The number of hydrogen-bond acceptors (Lipinski definition) is 3.